The lowest BCUT2D eigenvalue weighted by molar-refractivity contribution is 0.102. The Morgan fingerprint density at radius 2 is 1.87 bits per heavy atom. The minimum Gasteiger partial charge on any atom is -0.339 e. The summed E-state index contributed by atoms with van der Waals surface area (Å²) in [6.45, 7) is 1.91. The third-order valence-electron chi connectivity index (χ3n) is 4.60. The lowest BCUT2D eigenvalue weighted by Gasteiger charge is -2.14. The predicted molar refractivity (Wildman–Crippen MR) is 119 cm³/mol. The maximum Gasteiger partial charge on any atom is 0.255 e. The number of carbonyl (C=O) groups excluding carboxylic acids is 1. The molecule has 154 valence electrons. The molecule has 2 heterocycles. The fourth-order valence-electron chi connectivity index (χ4n) is 2.97. The van der Waals surface area contributed by atoms with Crippen LogP contribution in [0.5, 0.6) is 0 Å². The number of nitrogens with zero attached hydrogens (tertiary/aromatic N) is 3. The van der Waals surface area contributed by atoms with Crippen LogP contribution in [-0.4, -0.2) is 20.9 Å². The summed E-state index contributed by atoms with van der Waals surface area (Å²) in [6, 6.07) is 14.7. The standard InChI is InChI=1S/C23H17ClFN5O/c1-14-4-5-15(23(31)30-21-12-16(24)6-7-18(21)25)11-20(14)29-22-17(3-2-9-27-22)19-8-10-26-13-28-19/h2-13H,1H3,(H,27,29)(H,30,31). The molecular weight excluding hydrogens is 417 g/mol. The Balaban J connectivity index is 1.62. The molecule has 0 radical (unpaired) electrons. The second-order valence-electron chi connectivity index (χ2n) is 6.73. The molecule has 0 atom stereocenters. The van der Waals surface area contributed by atoms with Gasteiger partial charge in [0.2, 0.25) is 0 Å². The second kappa shape index (κ2) is 8.89. The second-order valence-corrected chi connectivity index (χ2v) is 7.16. The van der Waals surface area contributed by atoms with E-state index in [1.807, 2.05) is 19.1 Å². The number of hydrogen-bond acceptors (Lipinski definition) is 5. The average molecular weight is 434 g/mol. The molecule has 0 aliphatic carbocycles. The van der Waals surface area contributed by atoms with E-state index in [9.17, 15) is 9.18 Å². The first-order valence-corrected chi connectivity index (χ1v) is 9.74. The van der Waals surface area contributed by atoms with Gasteiger partial charge in [-0.1, -0.05) is 17.7 Å². The fraction of sp³-hybridized carbons (Fsp3) is 0.0435. The van der Waals surface area contributed by atoms with Gasteiger partial charge in [0.1, 0.15) is 18.0 Å². The van der Waals surface area contributed by atoms with Crippen LogP contribution in [0, 0.1) is 12.7 Å². The molecule has 0 saturated heterocycles. The van der Waals surface area contributed by atoms with Crippen LogP contribution >= 0.6 is 11.6 Å². The van der Waals surface area contributed by atoms with E-state index in [-0.39, 0.29) is 5.69 Å². The molecule has 0 fully saturated rings. The summed E-state index contributed by atoms with van der Waals surface area (Å²) < 4.78 is 14.0. The molecule has 31 heavy (non-hydrogen) atoms. The summed E-state index contributed by atoms with van der Waals surface area (Å²) in [4.78, 5) is 25.3. The number of nitrogens with one attached hydrogen (secondary N) is 2. The Morgan fingerprint density at radius 3 is 2.68 bits per heavy atom. The van der Waals surface area contributed by atoms with Crippen molar-refractivity contribution in [1.82, 2.24) is 15.0 Å². The summed E-state index contributed by atoms with van der Waals surface area (Å²) in [5, 5.41) is 6.16. The first-order chi connectivity index (χ1) is 15.0. The van der Waals surface area contributed by atoms with Crippen LogP contribution in [0.3, 0.4) is 0 Å². The number of aryl methyl sites for hydroxylation is 1. The van der Waals surface area contributed by atoms with Crippen molar-refractivity contribution in [2.24, 2.45) is 0 Å². The van der Waals surface area contributed by atoms with Gasteiger partial charge in [0.25, 0.3) is 5.91 Å². The Labute approximate surface area is 183 Å². The largest absolute Gasteiger partial charge is 0.339 e. The highest BCUT2D eigenvalue weighted by molar-refractivity contribution is 6.31. The maximum absolute atomic E-state index is 14.0. The zero-order valence-electron chi connectivity index (χ0n) is 16.4. The van der Waals surface area contributed by atoms with Crippen LogP contribution in [0.1, 0.15) is 15.9 Å². The van der Waals surface area contributed by atoms with Gasteiger partial charge in [0.15, 0.2) is 0 Å². The lowest BCUT2D eigenvalue weighted by Crippen LogP contribution is -2.13. The SMILES string of the molecule is Cc1ccc(C(=O)Nc2cc(Cl)ccc2F)cc1Nc1ncccc1-c1ccncn1. The number of amides is 1. The molecule has 4 aromatic rings. The van der Waals surface area contributed by atoms with Crippen LogP contribution in [-0.2, 0) is 0 Å². The van der Waals surface area contributed by atoms with E-state index in [0.29, 0.717) is 27.8 Å². The van der Waals surface area contributed by atoms with Crippen molar-refractivity contribution >= 4 is 34.7 Å². The van der Waals surface area contributed by atoms with Gasteiger partial charge >= 0.3 is 0 Å². The third-order valence-corrected chi connectivity index (χ3v) is 4.83. The van der Waals surface area contributed by atoms with Crippen molar-refractivity contribution in [2.45, 2.75) is 6.92 Å². The highest BCUT2D eigenvalue weighted by atomic mass is 35.5. The molecule has 1 amide bonds. The number of hydrogen-bond donors (Lipinski definition) is 2. The molecule has 0 bridgehead atoms. The minimum absolute atomic E-state index is 0.0170. The highest BCUT2D eigenvalue weighted by Crippen LogP contribution is 2.29. The Morgan fingerprint density at radius 1 is 1.00 bits per heavy atom. The van der Waals surface area contributed by atoms with Gasteiger partial charge in [0.05, 0.1) is 11.4 Å². The Bertz CT molecular complexity index is 1250. The van der Waals surface area contributed by atoms with Crippen LogP contribution in [0.2, 0.25) is 5.02 Å². The van der Waals surface area contributed by atoms with Crippen molar-refractivity contribution < 1.29 is 9.18 Å². The molecule has 2 aromatic carbocycles. The third kappa shape index (κ3) is 4.67. The number of halogens is 2. The normalized spacial score (nSPS) is 10.5. The predicted octanol–water partition coefficient (Wildman–Crippen LogP) is 5.64. The van der Waals surface area contributed by atoms with Crippen LogP contribution < -0.4 is 10.6 Å². The number of carbonyl (C=O) groups is 1. The Kier molecular flexibility index (Phi) is 5.86. The molecule has 0 aliphatic rings. The summed E-state index contributed by atoms with van der Waals surface area (Å²) in [5.74, 6) is -0.435. The number of pyridine rings is 1. The highest BCUT2D eigenvalue weighted by Gasteiger charge is 2.13. The molecule has 6 nitrogen and oxygen atoms in total. The van der Waals surface area contributed by atoms with Crippen LogP contribution in [0.25, 0.3) is 11.3 Å². The van der Waals surface area contributed by atoms with Crippen molar-refractivity contribution in [3.63, 3.8) is 0 Å². The minimum atomic E-state index is -0.564. The summed E-state index contributed by atoms with van der Waals surface area (Å²) in [6.07, 6.45) is 4.79. The molecular formula is C23H17ClFN5O. The fourth-order valence-corrected chi connectivity index (χ4v) is 3.15. The van der Waals surface area contributed by atoms with Crippen LogP contribution in [0.15, 0.2) is 73.3 Å². The van der Waals surface area contributed by atoms with Crippen molar-refractivity contribution in [3.05, 3.63) is 95.3 Å². The molecule has 2 aromatic heterocycles. The van der Waals surface area contributed by atoms with E-state index in [1.165, 1.54) is 24.5 Å². The monoisotopic (exact) mass is 433 g/mol. The van der Waals surface area contributed by atoms with Gasteiger partial charge in [0, 0.05) is 34.2 Å². The molecule has 0 spiro atoms. The van der Waals surface area contributed by atoms with E-state index >= 15 is 0 Å². The molecule has 4 rings (SSSR count). The number of aromatic nitrogens is 3. The van der Waals surface area contributed by atoms with E-state index in [0.717, 1.165) is 11.1 Å². The smallest absolute Gasteiger partial charge is 0.255 e. The van der Waals surface area contributed by atoms with Gasteiger partial charge in [-0.2, -0.15) is 0 Å². The summed E-state index contributed by atoms with van der Waals surface area (Å²) in [7, 11) is 0. The zero-order chi connectivity index (χ0) is 21.8. The van der Waals surface area contributed by atoms with E-state index in [1.54, 1.807) is 36.7 Å². The summed E-state index contributed by atoms with van der Waals surface area (Å²) >= 11 is 5.90. The van der Waals surface area contributed by atoms with Crippen LogP contribution in [0.4, 0.5) is 21.6 Å². The van der Waals surface area contributed by atoms with Crippen molar-refractivity contribution in [1.29, 1.82) is 0 Å². The van der Waals surface area contributed by atoms with E-state index in [4.69, 9.17) is 11.6 Å². The zero-order valence-corrected chi connectivity index (χ0v) is 17.2. The average Bonchev–Trinajstić information content (AvgIpc) is 2.78. The molecule has 8 heteroatoms. The quantitative estimate of drug-likeness (QED) is 0.426. The van der Waals surface area contributed by atoms with Crippen molar-refractivity contribution in [3.8, 4) is 11.3 Å². The number of rotatable bonds is 5. The first-order valence-electron chi connectivity index (χ1n) is 9.37. The Hall–Kier alpha value is -3.84. The van der Waals surface area contributed by atoms with Gasteiger partial charge in [-0.15, -0.1) is 0 Å². The number of benzene rings is 2. The molecule has 0 unspecified atom stereocenters. The van der Waals surface area contributed by atoms with Gasteiger partial charge in [-0.25, -0.2) is 19.3 Å². The van der Waals surface area contributed by atoms with Crippen molar-refractivity contribution in [2.75, 3.05) is 10.6 Å². The summed E-state index contributed by atoms with van der Waals surface area (Å²) in [5.41, 5.74) is 3.47. The molecule has 2 N–H and O–H groups in total. The van der Waals surface area contributed by atoms with Gasteiger partial charge < -0.3 is 10.6 Å². The number of anilines is 3. The lowest BCUT2D eigenvalue weighted by atomic mass is 10.1. The van der Waals surface area contributed by atoms with E-state index < -0.39 is 11.7 Å². The van der Waals surface area contributed by atoms with Gasteiger partial charge in [-0.3, -0.25) is 4.79 Å². The maximum atomic E-state index is 14.0. The molecule has 0 aliphatic heterocycles. The topological polar surface area (TPSA) is 79.8 Å². The van der Waals surface area contributed by atoms with Gasteiger partial charge in [-0.05, 0) is 61.0 Å². The molecule has 0 saturated carbocycles. The first kappa shape index (κ1) is 20.4. The van der Waals surface area contributed by atoms with E-state index in [2.05, 4.69) is 25.6 Å².